The maximum absolute atomic E-state index is 13.1. The van der Waals surface area contributed by atoms with Gasteiger partial charge in [-0.05, 0) is 42.5 Å². The number of hydrogen-bond acceptors (Lipinski definition) is 4. The summed E-state index contributed by atoms with van der Waals surface area (Å²) in [6.45, 7) is 2.92. The second kappa shape index (κ2) is 4.58. The van der Waals surface area contributed by atoms with E-state index >= 15 is 0 Å². The van der Waals surface area contributed by atoms with Crippen molar-refractivity contribution in [3.8, 4) is 11.4 Å². The molecule has 0 aliphatic carbocycles. The first-order valence-corrected chi connectivity index (χ1v) is 5.69. The molecule has 8 heteroatoms. The molecule has 0 saturated carbocycles. The molecule has 0 atom stereocenters. The molecule has 0 aliphatic heterocycles. The summed E-state index contributed by atoms with van der Waals surface area (Å²) in [5.74, 6) is -1.45. The van der Waals surface area contributed by atoms with Crippen LogP contribution in [-0.2, 0) is 10.3 Å². The molecule has 1 aromatic carbocycles. The second-order valence-corrected chi connectivity index (χ2v) is 4.81. The molecule has 0 aliphatic rings. The third-order valence-corrected chi connectivity index (χ3v) is 2.99. The highest BCUT2D eigenvalue weighted by Crippen LogP contribution is 2.26. The van der Waals surface area contributed by atoms with Gasteiger partial charge in [0, 0.05) is 5.56 Å². The van der Waals surface area contributed by atoms with E-state index in [1.54, 1.807) is 0 Å². The van der Waals surface area contributed by atoms with Crippen molar-refractivity contribution in [2.24, 2.45) is 0 Å². The Labute approximate surface area is 112 Å². The molecule has 0 amide bonds. The fraction of sp³-hybridized carbons (Fsp3) is 0.273. The largest absolute Gasteiger partial charge is 0.479 e. The van der Waals surface area contributed by atoms with Crippen molar-refractivity contribution in [1.29, 1.82) is 0 Å². The first-order valence-electron chi connectivity index (χ1n) is 5.31. The molecule has 2 rings (SSSR count). The van der Waals surface area contributed by atoms with Gasteiger partial charge in [-0.3, -0.25) is 0 Å². The molecule has 100 valence electrons. The van der Waals surface area contributed by atoms with Gasteiger partial charge in [0.05, 0.1) is 5.02 Å². The van der Waals surface area contributed by atoms with Crippen molar-refractivity contribution in [3.63, 3.8) is 0 Å². The SMILES string of the molecule is CC(C)(C(=O)O)n1nnnc1-c1ccc(F)c(Cl)c1. The zero-order chi connectivity index (χ0) is 14.2. The lowest BCUT2D eigenvalue weighted by Crippen LogP contribution is -2.37. The molecule has 19 heavy (non-hydrogen) atoms. The summed E-state index contributed by atoms with van der Waals surface area (Å²) < 4.78 is 14.3. The molecule has 2 aromatic rings. The number of halogens is 2. The molecule has 0 spiro atoms. The Morgan fingerprint density at radius 2 is 2.16 bits per heavy atom. The number of tetrazole rings is 1. The highest BCUT2D eigenvalue weighted by molar-refractivity contribution is 6.31. The van der Waals surface area contributed by atoms with Crippen molar-refractivity contribution in [1.82, 2.24) is 20.2 Å². The highest BCUT2D eigenvalue weighted by Gasteiger charge is 2.33. The second-order valence-electron chi connectivity index (χ2n) is 4.41. The minimum absolute atomic E-state index is 0.0832. The van der Waals surface area contributed by atoms with Gasteiger partial charge in [-0.25, -0.2) is 13.9 Å². The van der Waals surface area contributed by atoms with E-state index in [1.165, 1.54) is 32.0 Å². The number of benzene rings is 1. The smallest absolute Gasteiger partial charge is 0.331 e. The van der Waals surface area contributed by atoms with Crippen LogP contribution in [-0.4, -0.2) is 31.3 Å². The minimum Gasteiger partial charge on any atom is -0.479 e. The van der Waals surface area contributed by atoms with Gasteiger partial charge in [-0.15, -0.1) is 5.10 Å². The van der Waals surface area contributed by atoms with Crippen molar-refractivity contribution in [2.45, 2.75) is 19.4 Å². The van der Waals surface area contributed by atoms with Crippen LogP contribution in [0.15, 0.2) is 18.2 Å². The number of hydrogen-bond donors (Lipinski definition) is 1. The van der Waals surface area contributed by atoms with Crippen molar-refractivity contribution in [3.05, 3.63) is 29.0 Å². The van der Waals surface area contributed by atoms with Crippen molar-refractivity contribution < 1.29 is 14.3 Å². The Kier molecular flexibility index (Phi) is 3.23. The van der Waals surface area contributed by atoms with Crippen LogP contribution in [0.3, 0.4) is 0 Å². The van der Waals surface area contributed by atoms with E-state index in [1.807, 2.05) is 0 Å². The van der Waals surface area contributed by atoms with Gasteiger partial charge in [-0.1, -0.05) is 11.6 Å². The number of aromatic nitrogens is 4. The summed E-state index contributed by atoms with van der Waals surface area (Å²) in [7, 11) is 0. The molecule has 0 bridgehead atoms. The van der Waals surface area contributed by atoms with E-state index in [9.17, 15) is 14.3 Å². The number of nitrogens with zero attached hydrogens (tertiary/aromatic N) is 4. The van der Waals surface area contributed by atoms with Gasteiger partial charge >= 0.3 is 5.97 Å². The Bertz CT molecular complexity index is 641. The highest BCUT2D eigenvalue weighted by atomic mass is 35.5. The number of rotatable bonds is 3. The Hall–Kier alpha value is -2.02. The van der Waals surface area contributed by atoms with E-state index in [0.717, 1.165) is 4.68 Å². The standard InChI is InChI=1S/C11H10ClFN4O2/c1-11(2,10(18)19)17-9(14-15-16-17)6-3-4-8(13)7(12)5-6/h3-5H,1-2H3,(H,18,19). The van der Waals surface area contributed by atoms with Gasteiger partial charge in [0.2, 0.25) is 0 Å². The molecule has 0 unspecified atom stereocenters. The minimum atomic E-state index is -1.33. The van der Waals surface area contributed by atoms with Gasteiger partial charge in [0.15, 0.2) is 11.4 Å². The lowest BCUT2D eigenvalue weighted by atomic mass is 10.1. The normalized spacial score (nSPS) is 11.6. The van der Waals surface area contributed by atoms with Crippen LogP contribution in [0, 0.1) is 5.82 Å². The van der Waals surface area contributed by atoms with E-state index in [2.05, 4.69) is 15.5 Å². The van der Waals surface area contributed by atoms with Crippen LogP contribution in [0.1, 0.15) is 13.8 Å². The fourth-order valence-electron chi connectivity index (χ4n) is 1.47. The number of carboxylic acids is 1. The molecule has 0 radical (unpaired) electrons. The lowest BCUT2D eigenvalue weighted by Gasteiger charge is -2.20. The molecule has 6 nitrogen and oxygen atoms in total. The number of carboxylic acid groups (broad SMARTS) is 1. The molecule has 0 fully saturated rings. The van der Waals surface area contributed by atoms with Crippen LogP contribution >= 0.6 is 11.6 Å². The van der Waals surface area contributed by atoms with Crippen molar-refractivity contribution in [2.75, 3.05) is 0 Å². The van der Waals surface area contributed by atoms with Crippen LogP contribution in [0.2, 0.25) is 5.02 Å². The van der Waals surface area contributed by atoms with E-state index in [0.29, 0.717) is 5.56 Å². The molecule has 0 saturated heterocycles. The van der Waals surface area contributed by atoms with Crippen LogP contribution < -0.4 is 0 Å². The number of carbonyl (C=O) groups is 1. The Morgan fingerprint density at radius 3 is 2.74 bits per heavy atom. The summed E-state index contributed by atoms with van der Waals surface area (Å²) >= 11 is 5.69. The van der Waals surface area contributed by atoms with E-state index < -0.39 is 17.3 Å². The van der Waals surface area contributed by atoms with Crippen LogP contribution in [0.5, 0.6) is 0 Å². The fourth-order valence-corrected chi connectivity index (χ4v) is 1.65. The summed E-state index contributed by atoms with van der Waals surface area (Å²) in [5, 5.41) is 20.0. The maximum Gasteiger partial charge on any atom is 0.331 e. The lowest BCUT2D eigenvalue weighted by molar-refractivity contribution is -0.146. The topological polar surface area (TPSA) is 80.9 Å². The zero-order valence-corrected chi connectivity index (χ0v) is 10.9. The predicted octanol–water partition coefficient (Wildman–Crippen LogP) is 1.95. The molecular formula is C11H10ClFN4O2. The van der Waals surface area contributed by atoms with E-state index in [-0.39, 0.29) is 10.8 Å². The first-order chi connectivity index (χ1) is 8.84. The molecule has 1 aromatic heterocycles. The third kappa shape index (κ3) is 2.28. The maximum atomic E-state index is 13.1. The molecule has 1 N–H and O–H groups in total. The Morgan fingerprint density at radius 1 is 1.47 bits per heavy atom. The average Bonchev–Trinajstić information content (AvgIpc) is 2.82. The predicted molar refractivity (Wildman–Crippen MR) is 65.2 cm³/mol. The summed E-state index contributed by atoms with van der Waals surface area (Å²) in [5.41, 5.74) is -0.898. The monoisotopic (exact) mass is 284 g/mol. The van der Waals surface area contributed by atoms with Gasteiger partial charge in [0.1, 0.15) is 5.82 Å². The summed E-state index contributed by atoms with van der Waals surface area (Å²) in [6, 6.07) is 3.95. The first kappa shape index (κ1) is 13.4. The Balaban J connectivity index is 2.56. The quantitative estimate of drug-likeness (QED) is 0.932. The molecular weight excluding hydrogens is 275 g/mol. The molecule has 1 heterocycles. The van der Waals surface area contributed by atoms with Crippen LogP contribution in [0.25, 0.3) is 11.4 Å². The number of aliphatic carboxylic acids is 1. The van der Waals surface area contributed by atoms with Crippen molar-refractivity contribution >= 4 is 17.6 Å². The van der Waals surface area contributed by atoms with Gasteiger partial charge < -0.3 is 5.11 Å². The van der Waals surface area contributed by atoms with Crippen LogP contribution in [0.4, 0.5) is 4.39 Å². The summed E-state index contributed by atoms with van der Waals surface area (Å²) in [4.78, 5) is 11.2. The average molecular weight is 285 g/mol. The zero-order valence-electron chi connectivity index (χ0n) is 10.1. The van der Waals surface area contributed by atoms with E-state index in [4.69, 9.17) is 11.6 Å². The third-order valence-electron chi connectivity index (χ3n) is 2.70. The summed E-state index contributed by atoms with van der Waals surface area (Å²) in [6.07, 6.45) is 0. The van der Waals surface area contributed by atoms with Gasteiger partial charge in [0.25, 0.3) is 0 Å². The van der Waals surface area contributed by atoms with Gasteiger partial charge in [-0.2, -0.15) is 0 Å².